The van der Waals surface area contributed by atoms with E-state index < -0.39 is 0 Å². The zero-order valence-corrected chi connectivity index (χ0v) is 28.0. The van der Waals surface area contributed by atoms with Crippen molar-refractivity contribution < 1.29 is 0 Å². The topological polar surface area (TPSA) is 0 Å². The van der Waals surface area contributed by atoms with Crippen LogP contribution in [0.15, 0.2) is 88.2 Å². The highest BCUT2D eigenvalue weighted by molar-refractivity contribution is 8.06. The van der Waals surface area contributed by atoms with Gasteiger partial charge in [0.15, 0.2) is 0 Å². The van der Waals surface area contributed by atoms with Gasteiger partial charge in [0.1, 0.15) is 0 Å². The van der Waals surface area contributed by atoms with Crippen molar-refractivity contribution in [1.29, 1.82) is 0 Å². The van der Waals surface area contributed by atoms with Gasteiger partial charge < -0.3 is 0 Å². The summed E-state index contributed by atoms with van der Waals surface area (Å²) in [5.74, 6) is 0. The third-order valence-corrected chi connectivity index (χ3v) is 10.4. The number of thioether (sulfide) groups is 1. The molecule has 0 amide bonds. The molecular weight excluding hydrogens is 509 g/mol. The second kappa shape index (κ2) is 11.8. The van der Waals surface area contributed by atoms with Crippen molar-refractivity contribution in [1.82, 2.24) is 0 Å². The summed E-state index contributed by atoms with van der Waals surface area (Å²) in [6.45, 7) is 27.7. The molecule has 2 heteroatoms. The maximum atomic E-state index is 2.37. The fourth-order valence-corrected chi connectivity index (χ4v) is 6.44. The molecule has 0 atom stereocenters. The zero-order chi connectivity index (χ0) is 29.2. The minimum Gasteiger partial charge on any atom is -0.0978 e. The fourth-order valence-electron chi connectivity index (χ4n) is 3.97. The monoisotopic (exact) mass is 557 g/mol. The van der Waals surface area contributed by atoms with Gasteiger partial charge in [0, 0.05) is 23.0 Å². The Labute approximate surface area is 247 Å². The summed E-state index contributed by atoms with van der Waals surface area (Å²) < 4.78 is 0. The maximum Gasteiger partial charge on any atom is 0.219 e. The van der Waals surface area contributed by atoms with Crippen molar-refractivity contribution in [2.45, 2.75) is 93.9 Å². The molecule has 1 aliphatic heterocycles. The summed E-state index contributed by atoms with van der Waals surface area (Å²) in [5, 5.41) is 0. The van der Waals surface area contributed by atoms with Gasteiger partial charge in [0.2, 0.25) is 21.1 Å². The molecule has 0 saturated heterocycles. The van der Waals surface area contributed by atoms with Crippen LogP contribution in [0, 0.1) is 10.8 Å². The molecule has 2 heterocycles. The van der Waals surface area contributed by atoms with Crippen molar-refractivity contribution >= 4 is 34.7 Å². The fraction of sp³-hybridized carbons (Fsp3) is 0.432. The Kier molecular flexibility index (Phi) is 9.45. The first-order valence-electron chi connectivity index (χ1n) is 14.1. The molecule has 0 nitrogen and oxygen atoms in total. The van der Waals surface area contributed by atoms with Crippen molar-refractivity contribution in [3.05, 3.63) is 109 Å². The Morgan fingerprint density at radius 3 is 1.59 bits per heavy atom. The summed E-state index contributed by atoms with van der Waals surface area (Å²) in [5.41, 5.74) is 5.42. The first kappa shape index (κ1) is 31.4. The first-order valence-corrected chi connectivity index (χ1v) is 15.7. The van der Waals surface area contributed by atoms with Crippen molar-refractivity contribution in [2.75, 3.05) is 0 Å². The van der Waals surface area contributed by atoms with Gasteiger partial charge >= 0.3 is 0 Å². The van der Waals surface area contributed by atoms with Crippen LogP contribution in [0.25, 0.3) is 11.6 Å². The summed E-state index contributed by atoms with van der Waals surface area (Å²) >= 11 is 3.88. The lowest BCUT2D eigenvalue weighted by atomic mass is 9.91. The first-order chi connectivity index (χ1) is 17.8. The Hall–Kier alpha value is -2.16. The predicted molar refractivity (Wildman–Crippen MR) is 180 cm³/mol. The molecular formula is C37H49S2+. The van der Waals surface area contributed by atoms with Crippen LogP contribution in [0.5, 0.6) is 0 Å². The van der Waals surface area contributed by atoms with Gasteiger partial charge in [0.05, 0.1) is 0 Å². The van der Waals surface area contributed by atoms with E-state index in [9.17, 15) is 0 Å². The number of benzene rings is 1. The van der Waals surface area contributed by atoms with Crippen LogP contribution in [-0.4, -0.2) is 0 Å². The Morgan fingerprint density at radius 2 is 1.15 bits per heavy atom. The predicted octanol–water partition coefficient (Wildman–Crippen LogP) is 12.3. The van der Waals surface area contributed by atoms with E-state index in [0.717, 1.165) is 0 Å². The standard InChI is InChI=1S/C37H49S2/c1-34(2,3)30-22-26(23-31(38-30)35(4,5)6)18-20-29(28-16-14-13-15-17-28)21-19-27-24-32(36(7,8)9)39-33(25-27)37(10,11)12/h13-25H,1-12H3/q+1. The number of rotatable bonds is 4. The van der Waals surface area contributed by atoms with Gasteiger partial charge in [0.25, 0.3) is 0 Å². The Balaban J connectivity index is 2.13. The van der Waals surface area contributed by atoms with E-state index in [1.807, 2.05) is 23.1 Å². The second-order valence-corrected chi connectivity index (χ2v) is 16.9. The Bertz CT molecular complexity index is 1250. The second-order valence-electron chi connectivity index (χ2n) is 14.7. The molecule has 2 aromatic rings. The van der Waals surface area contributed by atoms with E-state index in [1.165, 1.54) is 41.8 Å². The lowest BCUT2D eigenvalue weighted by Crippen LogP contribution is -2.14. The van der Waals surface area contributed by atoms with Gasteiger partial charge in [-0.25, -0.2) is 0 Å². The third kappa shape index (κ3) is 8.92. The van der Waals surface area contributed by atoms with Gasteiger partial charge in [-0.1, -0.05) is 149 Å². The summed E-state index contributed by atoms with van der Waals surface area (Å²) in [6, 6.07) is 15.5. The molecule has 1 aromatic heterocycles. The maximum absolute atomic E-state index is 2.37. The highest BCUT2D eigenvalue weighted by atomic mass is 32.2. The van der Waals surface area contributed by atoms with E-state index in [2.05, 4.69) is 162 Å². The van der Waals surface area contributed by atoms with Crippen LogP contribution in [0.4, 0.5) is 0 Å². The van der Waals surface area contributed by atoms with Crippen molar-refractivity contribution in [2.24, 2.45) is 10.8 Å². The molecule has 1 aromatic carbocycles. The largest absolute Gasteiger partial charge is 0.219 e. The van der Waals surface area contributed by atoms with Crippen LogP contribution >= 0.6 is 23.1 Å². The molecule has 0 fully saturated rings. The van der Waals surface area contributed by atoms with E-state index in [4.69, 9.17) is 0 Å². The molecule has 3 rings (SSSR count). The van der Waals surface area contributed by atoms with Crippen molar-refractivity contribution in [3.63, 3.8) is 0 Å². The van der Waals surface area contributed by atoms with Crippen LogP contribution in [0.2, 0.25) is 0 Å². The number of hydrogen-bond acceptors (Lipinski definition) is 1. The summed E-state index contributed by atoms with van der Waals surface area (Å²) in [4.78, 5) is 5.67. The van der Waals surface area contributed by atoms with Crippen LogP contribution in [0.1, 0.15) is 104 Å². The van der Waals surface area contributed by atoms with E-state index >= 15 is 0 Å². The lowest BCUT2D eigenvalue weighted by molar-refractivity contribution is 0.521. The molecule has 39 heavy (non-hydrogen) atoms. The molecule has 0 radical (unpaired) electrons. The smallest absolute Gasteiger partial charge is 0.0978 e. The van der Waals surface area contributed by atoms with E-state index in [-0.39, 0.29) is 21.7 Å². The molecule has 208 valence electrons. The van der Waals surface area contributed by atoms with Gasteiger partial charge in [-0.3, -0.25) is 0 Å². The third-order valence-electron chi connectivity index (χ3n) is 6.61. The minimum atomic E-state index is 0.115. The van der Waals surface area contributed by atoms with Crippen molar-refractivity contribution in [3.8, 4) is 0 Å². The average Bonchev–Trinajstić information content (AvgIpc) is 2.82. The molecule has 0 N–H and O–H groups in total. The van der Waals surface area contributed by atoms with Gasteiger partial charge in [-0.05, 0) is 55.1 Å². The molecule has 0 unspecified atom stereocenters. The quantitative estimate of drug-likeness (QED) is 0.266. The normalized spacial score (nSPS) is 15.9. The van der Waals surface area contributed by atoms with Crippen LogP contribution in [0.3, 0.4) is 0 Å². The highest BCUT2D eigenvalue weighted by Crippen LogP contribution is 2.48. The van der Waals surface area contributed by atoms with E-state index in [1.54, 1.807) is 0 Å². The van der Waals surface area contributed by atoms with Gasteiger partial charge in [-0.2, -0.15) is 0 Å². The molecule has 0 spiro atoms. The lowest BCUT2D eigenvalue weighted by Gasteiger charge is -2.31. The number of allylic oxidation sites excluding steroid dienone is 9. The summed E-state index contributed by atoms with van der Waals surface area (Å²) in [6.07, 6.45) is 13.9. The zero-order valence-electron chi connectivity index (χ0n) is 26.3. The summed E-state index contributed by atoms with van der Waals surface area (Å²) in [7, 11) is 0. The molecule has 0 bridgehead atoms. The Morgan fingerprint density at radius 1 is 0.667 bits per heavy atom. The number of hydrogen-bond donors (Lipinski definition) is 0. The molecule has 1 aliphatic rings. The van der Waals surface area contributed by atoms with Crippen LogP contribution in [-0.2, 0) is 10.8 Å². The average molecular weight is 558 g/mol. The van der Waals surface area contributed by atoms with Crippen LogP contribution < -0.4 is 0 Å². The van der Waals surface area contributed by atoms with Gasteiger partial charge in [-0.15, -0.1) is 0 Å². The van der Waals surface area contributed by atoms with E-state index in [0.29, 0.717) is 0 Å². The minimum absolute atomic E-state index is 0.115. The molecule has 0 aliphatic carbocycles. The highest BCUT2D eigenvalue weighted by Gasteiger charge is 2.31. The molecule has 0 saturated carbocycles. The SMILES string of the molecule is CC(C)(C)C1=CC(=CC=C(C=Cc2cc(C(C)(C)C)[s+]c(C(C)(C)C)c2)c2ccccc2)C=C(C(C)(C)C)S1.